The minimum absolute atomic E-state index is 0.0724. The first kappa shape index (κ1) is 12.9. The topological polar surface area (TPSA) is 48.1 Å². The summed E-state index contributed by atoms with van der Waals surface area (Å²) >= 11 is 0. The maximum absolute atomic E-state index is 11.4. The predicted molar refractivity (Wildman–Crippen MR) is 83.4 cm³/mol. The predicted octanol–water partition coefficient (Wildman–Crippen LogP) is 2.02. The minimum Gasteiger partial charge on any atom is -0.361 e. The van der Waals surface area contributed by atoms with E-state index >= 15 is 0 Å². The Morgan fingerprint density at radius 1 is 1.43 bits per heavy atom. The Kier molecular flexibility index (Phi) is 2.82. The largest absolute Gasteiger partial charge is 0.361 e. The molecular weight excluding hydrogens is 262 g/mol. The van der Waals surface area contributed by atoms with Crippen molar-refractivity contribution in [1.29, 1.82) is 0 Å². The van der Waals surface area contributed by atoms with Crippen molar-refractivity contribution in [1.82, 2.24) is 15.2 Å². The number of carbonyl (C=O) groups is 1. The summed E-state index contributed by atoms with van der Waals surface area (Å²) in [7, 11) is 2.18. The zero-order valence-corrected chi connectivity index (χ0v) is 12.5. The minimum atomic E-state index is 0.0724. The number of piperidine rings is 1. The maximum Gasteiger partial charge on any atom is 0.217 e. The lowest BCUT2D eigenvalue weighted by molar-refractivity contribution is -0.120. The van der Waals surface area contributed by atoms with Gasteiger partial charge in [0, 0.05) is 48.6 Å². The van der Waals surface area contributed by atoms with Crippen LogP contribution in [-0.2, 0) is 11.2 Å². The molecule has 1 aromatic heterocycles. The van der Waals surface area contributed by atoms with E-state index in [0.717, 1.165) is 19.4 Å². The van der Waals surface area contributed by atoms with Gasteiger partial charge in [0.2, 0.25) is 5.91 Å². The number of carbonyl (C=O) groups excluding carboxylic acids is 1. The third-order valence-corrected chi connectivity index (χ3v) is 5.13. The summed E-state index contributed by atoms with van der Waals surface area (Å²) in [5.74, 6) is 0.579. The van der Waals surface area contributed by atoms with Gasteiger partial charge in [0.05, 0.1) is 0 Å². The van der Waals surface area contributed by atoms with Gasteiger partial charge in [-0.2, -0.15) is 0 Å². The Morgan fingerprint density at radius 3 is 3.10 bits per heavy atom. The monoisotopic (exact) mass is 283 g/mol. The molecule has 1 aromatic carbocycles. The molecule has 4 heteroatoms. The first-order valence-corrected chi connectivity index (χ1v) is 7.69. The lowest BCUT2D eigenvalue weighted by Gasteiger charge is -2.45. The van der Waals surface area contributed by atoms with Crippen molar-refractivity contribution in [2.75, 3.05) is 13.6 Å². The molecule has 4 rings (SSSR count). The number of fused-ring (bicyclic) bond motifs is 2. The molecule has 1 saturated heterocycles. The van der Waals surface area contributed by atoms with E-state index in [1.807, 2.05) is 0 Å². The van der Waals surface area contributed by atoms with E-state index in [0.29, 0.717) is 12.0 Å². The van der Waals surface area contributed by atoms with Crippen molar-refractivity contribution in [3.8, 4) is 0 Å². The first-order valence-electron chi connectivity index (χ1n) is 7.69. The van der Waals surface area contributed by atoms with Gasteiger partial charge < -0.3 is 15.2 Å². The fourth-order valence-corrected chi connectivity index (χ4v) is 4.33. The zero-order chi connectivity index (χ0) is 14.6. The van der Waals surface area contributed by atoms with Gasteiger partial charge in [0.25, 0.3) is 0 Å². The highest BCUT2D eigenvalue weighted by molar-refractivity contribution is 5.88. The standard InChI is InChI=1S/C17H21N3O/c1-10(21)19-12-7-14-13-4-3-5-15-17(13)11(8-18-15)6-16(14)20(2)9-12/h3-5,8,12,14,16,18H,6-7,9H2,1-2H3,(H,19,21)/t12?,14-,16-/m1/s1. The molecule has 4 nitrogen and oxygen atoms in total. The fraction of sp³-hybridized carbons (Fsp3) is 0.471. The Morgan fingerprint density at radius 2 is 2.29 bits per heavy atom. The van der Waals surface area contributed by atoms with Gasteiger partial charge in [0.15, 0.2) is 0 Å². The third kappa shape index (κ3) is 1.97. The van der Waals surface area contributed by atoms with E-state index in [4.69, 9.17) is 0 Å². The van der Waals surface area contributed by atoms with Gasteiger partial charge in [0.1, 0.15) is 0 Å². The van der Waals surface area contributed by atoms with Crippen LogP contribution in [-0.4, -0.2) is 41.5 Å². The van der Waals surface area contributed by atoms with Crippen LogP contribution >= 0.6 is 0 Å². The molecular formula is C17H21N3O. The van der Waals surface area contributed by atoms with Gasteiger partial charge >= 0.3 is 0 Å². The number of aromatic nitrogens is 1. The van der Waals surface area contributed by atoms with Crippen LogP contribution in [0, 0.1) is 0 Å². The van der Waals surface area contributed by atoms with Crippen LogP contribution in [0.25, 0.3) is 10.9 Å². The second kappa shape index (κ2) is 4.60. The highest BCUT2D eigenvalue weighted by Gasteiger charge is 2.39. The summed E-state index contributed by atoms with van der Waals surface area (Å²) in [6.07, 6.45) is 4.31. The number of hydrogen-bond acceptors (Lipinski definition) is 2. The van der Waals surface area contributed by atoms with E-state index in [1.54, 1.807) is 6.92 Å². The summed E-state index contributed by atoms with van der Waals surface area (Å²) in [6.45, 7) is 2.55. The third-order valence-electron chi connectivity index (χ3n) is 5.13. The number of aromatic amines is 1. The molecule has 1 aliphatic carbocycles. The number of nitrogens with zero attached hydrogens (tertiary/aromatic N) is 1. The van der Waals surface area contributed by atoms with Crippen LogP contribution in [0.1, 0.15) is 30.4 Å². The van der Waals surface area contributed by atoms with E-state index in [2.05, 4.69) is 46.6 Å². The first-order chi connectivity index (χ1) is 10.1. The second-order valence-electron chi connectivity index (χ2n) is 6.53. The molecule has 2 heterocycles. The molecule has 1 amide bonds. The molecule has 0 saturated carbocycles. The Balaban J connectivity index is 1.76. The van der Waals surface area contributed by atoms with E-state index in [-0.39, 0.29) is 11.9 Å². The quantitative estimate of drug-likeness (QED) is 0.841. The molecule has 1 aliphatic heterocycles. The number of amides is 1. The van der Waals surface area contributed by atoms with Gasteiger partial charge in [-0.3, -0.25) is 4.79 Å². The number of hydrogen-bond donors (Lipinski definition) is 2. The Bertz CT molecular complexity index is 705. The average molecular weight is 283 g/mol. The number of benzene rings is 1. The zero-order valence-electron chi connectivity index (χ0n) is 12.5. The lowest BCUT2D eigenvalue weighted by atomic mass is 9.74. The maximum atomic E-state index is 11.4. The van der Waals surface area contributed by atoms with Crippen LogP contribution in [0.15, 0.2) is 24.4 Å². The number of nitrogens with one attached hydrogen (secondary N) is 2. The summed E-state index contributed by atoms with van der Waals surface area (Å²) < 4.78 is 0. The summed E-state index contributed by atoms with van der Waals surface area (Å²) in [4.78, 5) is 17.2. The van der Waals surface area contributed by atoms with Gasteiger partial charge in [-0.05, 0) is 37.1 Å². The van der Waals surface area contributed by atoms with E-state index in [1.165, 1.54) is 22.0 Å². The highest BCUT2D eigenvalue weighted by Crippen LogP contribution is 2.42. The normalized spacial score (nSPS) is 28.4. The van der Waals surface area contributed by atoms with Crippen LogP contribution in [0.3, 0.4) is 0 Å². The van der Waals surface area contributed by atoms with Crippen molar-refractivity contribution in [2.45, 2.75) is 37.8 Å². The van der Waals surface area contributed by atoms with Crippen molar-refractivity contribution in [3.63, 3.8) is 0 Å². The molecule has 1 fully saturated rings. The summed E-state index contributed by atoms with van der Waals surface area (Å²) in [5.41, 5.74) is 4.12. The smallest absolute Gasteiger partial charge is 0.217 e. The van der Waals surface area contributed by atoms with Gasteiger partial charge in [-0.1, -0.05) is 12.1 Å². The van der Waals surface area contributed by atoms with E-state index < -0.39 is 0 Å². The van der Waals surface area contributed by atoms with E-state index in [9.17, 15) is 4.79 Å². The molecule has 110 valence electrons. The molecule has 2 aliphatic rings. The summed E-state index contributed by atoms with van der Waals surface area (Å²) in [5, 5.41) is 4.52. The van der Waals surface area contributed by atoms with Crippen LogP contribution in [0.5, 0.6) is 0 Å². The molecule has 3 atom stereocenters. The van der Waals surface area contributed by atoms with Crippen molar-refractivity contribution in [2.24, 2.45) is 0 Å². The van der Waals surface area contributed by atoms with Crippen LogP contribution in [0.4, 0.5) is 0 Å². The molecule has 21 heavy (non-hydrogen) atoms. The molecule has 2 aromatic rings. The van der Waals surface area contributed by atoms with Crippen molar-refractivity contribution in [3.05, 3.63) is 35.5 Å². The average Bonchev–Trinajstić information content (AvgIpc) is 2.84. The van der Waals surface area contributed by atoms with Crippen molar-refractivity contribution < 1.29 is 4.79 Å². The van der Waals surface area contributed by atoms with Gasteiger partial charge in [-0.25, -0.2) is 0 Å². The molecule has 0 spiro atoms. The highest BCUT2D eigenvalue weighted by atomic mass is 16.1. The van der Waals surface area contributed by atoms with Gasteiger partial charge in [-0.15, -0.1) is 0 Å². The van der Waals surface area contributed by atoms with Crippen molar-refractivity contribution >= 4 is 16.8 Å². The SMILES string of the molecule is CC(=O)NC1C[C@@H]2c3cccc4[nH]cc(c34)C[C@H]2N(C)C1. The molecule has 0 radical (unpaired) electrons. The Labute approximate surface area is 124 Å². The van der Waals surface area contributed by atoms with Crippen LogP contribution < -0.4 is 5.32 Å². The Hall–Kier alpha value is -1.81. The number of rotatable bonds is 1. The molecule has 0 bridgehead atoms. The number of likely N-dealkylation sites (N-methyl/N-ethyl adjacent to an activating group) is 1. The summed E-state index contributed by atoms with van der Waals surface area (Å²) in [6, 6.07) is 7.36. The molecule has 2 N–H and O–H groups in total. The number of H-pyrrole nitrogens is 1. The number of likely N-dealkylation sites (tertiary alicyclic amines) is 1. The fourth-order valence-electron chi connectivity index (χ4n) is 4.33. The molecule has 1 unspecified atom stereocenters. The second-order valence-corrected chi connectivity index (χ2v) is 6.53. The van der Waals surface area contributed by atoms with Crippen LogP contribution in [0.2, 0.25) is 0 Å². The lowest BCUT2D eigenvalue weighted by Crippen LogP contribution is -2.54.